The first-order chi connectivity index (χ1) is 10.0. The Bertz CT molecular complexity index is 522. The summed E-state index contributed by atoms with van der Waals surface area (Å²) in [6.07, 6.45) is 0.955. The summed E-state index contributed by atoms with van der Waals surface area (Å²) < 4.78 is 9.25. The van der Waals surface area contributed by atoms with E-state index in [4.69, 9.17) is 9.47 Å². The Kier molecular flexibility index (Phi) is 5.54. The lowest BCUT2D eigenvalue weighted by molar-refractivity contribution is -0.144. The first-order valence-corrected chi connectivity index (χ1v) is 8.68. The van der Waals surface area contributed by atoms with Crippen LogP contribution in [0.15, 0.2) is 30.3 Å². The predicted molar refractivity (Wildman–Crippen MR) is 90.6 cm³/mol. The van der Waals surface area contributed by atoms with Crippen molar-refractivity contribution in [3.05, 3.63) is 35.9 Å². The minimum atomic E-state index is -0.736. The molecule has 0 aliphatic carbocycles. The second kappa shape index (κ2) is 7.00. The van der Waals surface area contributed by atoms with Crippen LogP contribution >= 0.6 is 34.4 Å². The van der Waals surface area contributed by atoms with Crippen molar-refractivity contribution in [1.82, 2.24) is 0 Å². The maximum absolute atomic E-state index is 12.4. The molecular formula is C15H17IO4S. The highest BCUT2D eigenvalue weighted by Gasteiger charge is 2.52. The van der Waals surface area contributed by atoms with Gasteiger partial charge >= 0.3 is 11.9 Å². The van der Waals surface area contributed by atoms with Crippen molar-refractivity contribution in [2.45, 2.75) is 26.8 Å². The third-order valence-electron chi connectivity index (χ3n) is 3.59. The molecule has 21 heavy (non-hydrogen) atoms. The zero-order chi connectivity index (χ0) is 15.5. The van der Waals surface area contributed by atoms with Gasteiger partial charge in [0.05, 0.1) is 20.6 Å². The van der Waals surface area contributed by atoms with Gasteiger partial charge in [-0.1, -0.05) is 52.9 Å². The van der Waals surface area contributed by atoms with Gasteiger partial charge in [-0.05, 0) is 12.0 Å². The fourth-order valence-corrected chi connectivity index (χ4v) is 5.87. The largest absolute Gasteiger partial charge is 0.469 e. The summed E-state index contributed by atoms with van der Waals surface area (Å²) in [5, 5.41) is 0.0392. The van der Waals surface area contributed by atoms with E-state index < -0.39 is 4.75 Å². The molecule has 3 atom stereocenters. The van der Waals surface area contributed by atoms with Crippen LogP contribution in [0.1, 0.15) is 18.4 Å². The van der Waals surface area contributed by atoms with Crippen LogP contribution in [0.4, 0.5) is 0 Å². The summed E-state index contributed by atoms with van der Waals surface area (Å²) >= 11 is 3.82. The zero-order valence-corrected chi connectivity index (χ0v) is 14.8. The first-order valence-electron chi connectivity index (χ1n) is 6.56. The molecule has 1 aromatic rings. The van der Waals surface area contributed by atoms with Gasteiger partial charge in [0, 0.05) is 9.17 Å². The SMILES string of the molecule is COC(=O)C[C@@H]1S[C@@](C(=O)OC)(c2ccccc2)C[C@@H]1I. The Morgan fingerprint density at radius 3 is 2.52 bits per heavy atom. The van der Waals surface area contributed by atoms with Gasteiger partial charge < -0.3 is 9.47 Å². The Balaban J connectivity index is 2.32. The average molecular weight is 420 g/mol. The zero-order valence-electron chi connectivity index (χ0n) is 11.9. The topological polar surface area (TPSA) is 52.6 Å². The maximum Gasteiger partial charge on any atom is 0.326 e. The summed E-state index contributed by atoms with van der Waals surface area (Å²) in [4.78, 5) is 24.0. The van der Waals surface area contributed by atoms with Crippen LogP contribution in [-0.2, 0) is 23.8 Å². The standard InChI is InChI=1S/C15H17IO4S/c1-19-13(17)8-12-11(16)9-15(21-12,14(18)20-2)10-6-4-3-5-7-10/h3-7,11-12H,8-9H2,1-2H3/t11-,12-,15+/m0/s1. The number of hydrogen-bond acceptors (Lipinski definition) is 5. The van der Waals surface area contributed by atoms with Crippen LogP contribution in [0.25, 0.3) is 0 Å². The van der Waals surface area contributed by atoms with Crippen molar-refractivity contribution in [1.29, 1.82) is 0 Å². The molecule has 1 heterocycles. The molecule has 0 bridgehead atoms. The maximum atomic E-state index is 12.4. The number of benzene rings is 1. The Hall–Kier alpha value is -0.760. The number of carbonyl (C=O) groups excluding carboxylic acids is 2. The van der Waals surface area contributed by atoms with Crippen LogP contribution in [-0.4, -0.2) is 35.3 Å². The molecule has 6 heteroatoms. The number of carbonyl (C=O) groups is 2. The van der Waals surface area contributed by atoms with E-state index in [1.807, 2.05) is 30.3 Å². The van der Waals surface area contributed by atoms with Gasteiger partial charge in [-0.15, -0.1) is 11.8 Å². The molecule has 0 saturated carbocycles. The molecule has 1 aromatic carbocycles. The third kappa shape index (κ3) is 3.36. The molecule has 2 rings (SSSR count). The molecule has 0 unspecified atom stereocenters. The number of halogens is 1. The van der Waals surface area contributed by atoms with Crippen molar-refractivity contribution in [2.24, 2.45) is 0 Å². The summed E-state index contributed by atoms with van der Waals surface area (Å²) in [5.74, 6) is -0.504. The summed E-state index contributed by atoms with van der Waals surface area (Å²) in [7, 11) is 2.79. The Morgan fingerprint density at radius 2 is 1.95 bits per heavy atom. The molecule has 4 nitrogen and oxygen atoms in total. The number of rotatable bonds is 4. The lowest BCUT2D eigenvalue weighted by Crippen LogP contribution is -2.31. The molecule has 1 aliphatic heterocycles. The van der Waals surface area contributed by atoms with Crippen molar-refractivity contribution < 1.29 is 19.1 Å². The summed E-state index contributed by atoms with van der Waals surface area (Å²) in [6.45, 7) is 0. The fourth-order valence-electron chi connectivity index (χ4n) is 2.51. The van der Waals surface area contributed by atoms with Crippen LogP contribution in [0.2, 0.25) is 0 Å². The second-order valence-corrected chi connectivity index (χ2v) is 7.98. The van der Waals surface area contributed by atoms with Crippen LogP contribution in [0, 0.1) is 0 Å². The van der Waals surface area contributed by atoms with E-state index in [-0.39, 0.29) is 21.1 Å². The van der Waals surface area contributed by atoms with E-state index in [0.29, 0.717) is 12.8 Å². The number of methoxy groups -OCH3 is 2. The first kappa shape index (κ1) is 16.6. The van der Waals surface area contributed by atoms with Crippen LogP contribution < -0.4 is 0 Å². The van der Waals surface area contributed by atoms with Crippen LogP contribution in [0.5, 0.6) is 0 Å². The number of ether oxygens (including phenoxy) is 2. The quantitative estimate of drug-likeness (QED) is 0.426. The number of esters is 2. The smallest absolute Gasteiger partial charge is 0.326 e. The van der Waals surface area contributed by atoms with E-state index in [9.17, 15) is 9.59 Å². The van der Waals surface area contributed by atoms with E-state index in [0.717, 1.165) is 5.56 Å². The molecular weight excluding hydrogens is 403 g/mol. The van der Waals surface area contributed by atoms with Gasteiger partial charge in [-0.3, -0.25) is 9.59 Å². The lowest BCUT2D eigenvalue weighted by Gasteiger charge is -2.26. The molecule has 1 fully saturated rings. The van der Waals surface area contributed by atoms with E-state index >= 15 is 0 Å². The van der Waals surface area contributed by atoms with Gasteiger partial charge in [0.25, 0.3) is 0 Å². The number of thioether (sulfide) groups is 1. The molecule has 1 saturated heterocycles. The fraction of sp³-hybridized carbons (Fsp3) is 0.467. The summed E-state index contributed by atoms with van der Waals surface area (Å²) in [6, 6.07) is 9.62. The highest BCUT2D eigenvalue weighted by molar-refractivity contribution is 14.1. The lowest BCUT2D eigenvalue weighted by atomic mass is 9.92. The van der Waals surface area contributed by atoms with Gasteiger partial charge in [-0.2, -0.15) is 0 Å². The molecule has 0 radical (unpaired) electrons. The van der Waals surface area contributed by atoms with Crippen molar-refractivity contribution in [3.8, 4) is 0 Å². The van der Waals surface area contributed by atoms with Gasteiger partial charge in [-0.25, -0.2) is 0 Å². The second-order valence-electron chi connectivity index (χ2n) is 4.84. The molecule has 114 valence electrons. The predicted octanol–water partition coefficient (Wildman–Crippen LogP) is 2.93. The van der Waals surface area contributed by atoms with Crippen molar-refractivity contribution >= 4 is 46.3 Å². The highest BCUT2D eigenvalue weighted by Crippen LogP contribution is 2.54. The number of alkyl halides is 1. The molecule has 0 spiro atoms. The molecule has 1 aliphatic rings. The van der Waals surface area contributed by atoms with Gasteiger partial charge in [0.15, 0.2) is 0 Å². The summed E-state index contributed by atoms with van der Waals surface area (Å²) in [5.41, 5.74) is 0.927. The molecule has 0 aromatic heterocycles. The highest BCUT2D eigenvalue weighted by atomic mass is 127. The van der Waals surface area contributed by atoms with Crippen molar-refractivity contribution in [3.63, 3.8) is 0 Å². The molecule has 0 N–H and O–H groups in total. The average Bonchev–Trinajstić information content (AvgIpc) is 2.85. The van der Waals surface area contributed by atoms with E-state index in [1.54, 1.807) is 0 Å². The third-order valence-corrected chi connectivity index (χ3v) is 7.16. The van der Waals surface area contributed by atoms with E-state index in [1.165, 1.54) is 26.0 Å². The van der Waals surface area contributed by atoms with Gasteiger partial charge in [0.1, 0.15) is 4.75 Å². The van der Waals surface area contributed by atoms with E-state index in [2.05, 4.69) is 22.6 Å². The minimum Gasteiger partial charge on any atom is -0.469 e. The monoisotopic (exact) mass is 420 g/mol. The molecule has 0 amide bonds. The Labute approximate surface area is 142 Å². The van der Waals surface area contributed by atoms with Crippen LogP contribution in [0.3, 0.4) is 0 Å². The minimum absolute atomic E-state index is 0.0392. The normalized spacial score (nSPS) is 28.1. The number of hydrogen-bond donors (Lipinski definition) is 0. The van der Waals surface area contributed by atoms with Gasteiger partial charge in [0.2, 0.25) is 0 Å². The Morgan fingerprint density at radius 1 is 1.29 bits per heavy atom. The van der Waals surface area contributed by atoms with Crippen molar-refractivity contribution in [2.75, 3.05) is 14.2 Å².